The van der Waals surface area contributed by atoms with E-state index in [0.717, 1.165) is 27.5 Å². The molecule has 1 heterocycles. The quantitative estimate of drug-likeness (QED) is 0.358. The number of rotatable bonds is 2. The van der Waals surface area contributed by atoms with E-state index >= 15 is 0 Å². The molecule has 0 aliphatic heterocycles. The fraction of sp³-hybridized carbons (Fsp3) is 0.0400. The van der Waals surface area contributed by atoms with Gasteiger partial charge in [-0.05, 0) is 57.4 Å². The first-order valence-electron chi connectivity index (χ1n) is 8.99. The molecule has 0 saturated carbocycles. The highest BCUT2D eigenvalue weighted by Crippen LogP contribution is 2.29. The van der Waals surface area contributed by atoms with Crippen molar-refractivity contribution in [2.45, 2.75) is 5.92 Å². The lowest BCUT2D eigenvalue weighted by atomic mass is 9.93. The molecule has 0 N–H and O–H groups in total. The Labute approximate surface area is 157 Å². The van der Waals surface area contributed by atoms with Gasteiger partial charge in [-0.25, -0.2) is 0 Å². The molecule has 4 aromatic carbocycles. The number of hydrogen-bond acceptors (Lipinski definition) is 2. The topological polar surface area (TPSA) is 36.7 Å². The molecule has 1 unspecified atom stereocenters. The molecule has 0 saturated heterocycles. The van der Waals surface area contributed by atoms with Gasteiger partial charge in [0.15, 0.2) is 0 Å². The number of aromatic nitrogens is 1. The van der Waals surface area contributed by atoms with Gasteiger partial charge in [-0.3, -0.25) is 4.98 Å². The van der Waals surface area contributed by atoms with Gasteiger partial charge in [0, 0.05) is 5.39 Å². The average Bonchev–Trinajstić information content (AvgIpc) is 2.72. The van der Waals surface area contributed by atoms with Crippen LogP contribution in [0.2, 0.25) is 0 Å². The van der Waals surface area contributed by atoms with E-state index in [1.54, 1.807) is 0 Å². The Morgan fingerprint density at radius 1 is 0.630 bits per heavy atom. The molecule has 2 nitrogen and oxygen atoms in total. The molecule has 0 aliphatic rings. The van der Waals surface area contributed by atoms with Crippen molar-refractivity contribution in [1.29, 1.82) is 5.26 Å². The van der Waals surface area contributed by atoms with Crippen molar-refractivity contribution < 1.29 is 0 Å². The Morgan fingerprint density at radius 3 is 2.04 bits per heavy atom. The molecule has 2 heteroatoms. The minimum atomic E-state index is -0.384. The first kappa shape index (κ1) is 15.5. The maximum atomic E-state index is 9.86. The van der Waals surface area contributed by atoms with Crippen LogP contribution in [0.15, 0.2) is 91.0 Å². The van der Waals surface area contributed by atoms with Crippen molar-refractivity contribution in [3.05, 3.63) is 102 Å². The van der Waals surface area contributed by atoms with Crippen LogP contribution in [0.4, 0.5) is 0 Å². The molecule has 0 fully saturated rings. The second-order valence-corrected chi connectivity index (χ2v) is 6.80. The average molecular weight is 344 g/mol. The summed E-state index contributed by atoms with van der Waals surface area (Å²) in [6, 6.07) is 33.4. The van der Waals surface area contributed by atoms with Crippen LogP contribution in [-0.2, 0) is 0 Å². The third kappa shape index (κ3) is 2.70. The summed E-state index contributed by atoms with van der Waals surface area (Å²) in [6.45, 7) is 0. The number of fused-ring (bicyclic) bond motifs is 3. The van der Waals surface area contributed by atoms with Crippen molar-refractivity contribution in [1.82, 2.24) is 4.98 Å². The van der Waals surface area contributed by atoms with E-state index in [1.807, 2.05) is 42.5 Å². The van der Waals surface area contributed by atoms with Crippen LogP contribution in [-0.4, -0.2) is 4.98 Å². The number of benzene rings is 4. The van der Waals surface area contributed by atoms with E-state index in [4.69, 9.17) is 4.98 Å². The van der Waals surface area contributed by atoms with Gasteiger partial charge < -0.3 is 0 Å². The Bertz CT molecular complexity index is 1350. The van der Waals surface area contributed by atoms with Crippen molar-refractivity contribution >= 4 is 32.4 Å². The predicted octanol–water partition coefficient (Wildman–Crippen LogP) is 6.20. The van der Waals surface area contributed by atoms with Crippen molar-refractivity contribution in [3.63, 3.8) is 0 Å². The van der Waals surface area contributed by atoms with E-state index in [1.165, 1.54) is 16.2 Å². The van der Waals surface area contributed by atoms with E-state index in [0.29, 0.717) is 0 Å². The minimum Gasteiger partial charge on any atom is -0.251 e. The summed E-state index contributed by atoms with van der Waals surface area (Å²) in [7, 11) is 0. The highest BCUT2D eigenvalue weighted by molar-refractivity contribution is 5.98. The Kier molecular flexibility index (Phi) is 3.59. The summed E-state index contributed by atoms with van der Waals surface area (Å²) in [5.41, 5.74) is 2.68. The molecular weight excluding hydrogens is 328 g/mol. The Balaban J connectivity index is 1.64. The maximum absolute atomic E-state index is 9.86. The minimum absolute atomic E-state index is 0.384. The predicted molar refractivity (Wildman–Crippen MR) is 111 cm³/mol. The first-order chi connectivity index (χ1) is 13.3. The summed E-state index contributed by atoms with van der Waals surface area (Å²) in [5.74, 6) is -0.384. The monoisotopic (exact) mass is 344 g/mol. The van der Waals surface area contributed by atoms with Crippen LogP contribution in [0.25, 0.3) is 32.4 Å². The molecule has 27 heavy (non-hydrogen) atoms. The van der Waals surface area contributed by atoms with Gasteiger partial charge in [-0.1, -0.05) is 60.7 Å². The zero-order valence-electron chi connectivity index (χ0n) is 14.6. The van der Waals surface area contributed by atoms with Crippen LogP contribution >= 0.6 is 0 Å². The van der Waals surface area contributed by atoms with E-state index in [-0.39, 0.29) is 5.92 Å². The first-order valence-corrected chi connectivity index (χ1v) is 8.99. The lowest BCUT2D eigenvalue weighted by Crippen LogP contribution is -2.01. The summed E-state index contributed by atoms with van der Waals surface area (Å²) in [4.78, 5) is 4.73. The number of nitrogens with zero attached hydrogens (tertiary/aromatic N) is 2. The molecule has 0 radical (unpaired) electrons. The zero-order valence-corrected chi connectivity index (χ0v) is 14.6. The molecule has 126 valence electrons. The number of para-hydroxylation sites is 1. The smallest absolute Gasteiger partial charge is 0.113 e. The molecular formula is C25H16N2. The lowest BCUT2D eigenvalue weighted by molar-refractivity contribution is 0.982. The number of hydrogen-bond donors (Lipinski definition) is 0. The zero-order chi connectivity index (χ0) is 18.2. The SMILES string of the molecule is N#CC(c1ccc2cc3ccccc3cc2c1)c1ccc2ccccc2n1. The van der Waals surface area contributed by atoms with Gasteiger partial charge in [0.25, 0.3) is 0 Å². The van der Waals surface area contributed by atoms with Crippen molar-refractivity contribution in [3.8, 4) is 6.07 Å². The van der Waals surface area contributed by atoms with E-state index < -0.39 is 0 Å². The summed E-state index contributed by atoms with van der Waals surface area (Å²) in [5, 5.41) is 15.7. The van der Waals surface area contributed by atoms with Crippen molar-refractivity contribution in [2.24, 2.45) is 0 Å². The van der Waals surface area contributed by atoms with Crippen LogP contribution in [0, 0.1) is 11.3 Å². The normalized spacial score (nSPS) is 12.3. The second-order valence-electron chi connectivity index (χ2n) is 6.80. The van der Waals surface area contributed by atoms with Gasteiger partial charge >= 0.3 is 0 Å². The molecule has 1 aromatic heterocycles. The van der Waals surface area contributed by atoms with E-state index in [2.05, 4.69) is 54.6 Å². The molecule has 0 bridgehead atoms. The van der Waals surface area contributed by atoms with Crippen LogP contribution in [0.1, 0.15) is 17.2 Å². The van der Waals surface area contributed by atoms with Gasteiger partial charge in [0.05, 0.1) is 17.3 Å². The lowest BCUT2D eigenvalue weighted by Gasteiger charge is -2.12. The maximum Gasteiger partial charge on any atom is 0.113 e. The van der Waals surface area contributed by atoms with E-state index in [9.17, 15) is 5.26 Å². The van der Waals surface area contributed by atoms with Crippen molar-refractivity contribution in [2.75, 3.05) is 0 Å². The van der Waals surface area contributed by atoms with Gasteiger partial charge in [-0.2, -0.15) is 5.26 Å². The molecule has 1 atom stereocenters. The Hall–Kier alpha value is -3.70. The van der Waals surface area contributed by atoms with Crippen LogP contribution in [0.5, 0.6) is 0 Å². The fourth-order valence-electron chi connectivity index (χ4n) is 3.69. The summed E-state index contributed by atoms with van der Waals surface area (Å²) < 4.78 is 0. The molecule has 5 rings (SSSR count). The van der Waals surface area contributed by atoms with Gasteiger partial charge in [0.2, 0.25) is 0 Å². The molecule has 5 aromatic rings. The second kappa shape index (κ2) is 6.23. The number of pyridine rings is 1. The standard InChI is InChI=1S/C25H16N2/c26-16-23(25-12-11-17-5-3-4-8-24(17)27-25)21-10-9-20-13-18-6-1-2-7-19(18)14-22(20)15-21/h1-15,23H. The fourth-order valence-corrected chi connectivity index (χ4v) is 3.69. The Morgan fingerprint density at radius 2 is 1.26 bits per heavy atom. The summed E-state index contributed by atoms with van der Waals surface area (Å²) >= 11 is 0. The molecule has 0 aliphatic carbocycles. The third-order valence-corrected chi connectivity index (χ3v) is 5.11. The highest BCUT2D eigenvalue weighted by Gasteiger charge is 2.16. The highest BCUT2D eigenvalue weighted by atomic mass is 14.7. The van der Waals surface area contributed by atoms with Crippen LogP contribution in [0.3, 0.4) is 0 Å². The van der Waals surface area contributed by atoms with Gasteiger partial charge in [-0.15, -0.1) is 0 Å². The van der Waals surface area contributed by atoms with Crippen LogP contribution < -0.4 is 0 Å². The largest absolute Gasteiger partial charge is 0.251 e. The molecule has 0 spiro atoms. The summed E-state index contributed by atoms with van der Waals surface area (Å²) in [6.07, 6.45) is 0. The number of nitriles is 1. The molecule has 0 amide bonds. The third-order valence-electron chi connectivity index (χ3n) is 5.11. The van der Waals surface area contributed by atoms with Gasteiger partial charge in [0.1, 0.15) is 5.92 Å².